The van der Waals surface area contributed by atoms with Crippen LogP contribution in [0.1, 0.15) is 6.92 Å². The Kier molecular flexibility index (Phi) is 2.79. The van der Waals surface area contributed by atoms with E-state index in [1.165, 1.54) is 0 Å². The third-order valence-electron chi connectivity index (χ3n) is 2.32. The molecule has 0 aromatic carbocycles. The van der Waals surface area contributed by atoms with Crippen LogP contribution in [0.15, 0.2) is 0 Å². The van der Waals surface area contributed by atoms with E-state index in [0.29, 0.717) is 0 Å². The molecule has 1 aliphatic heterocycles. The quantitative estimate of drug-likeness (QED) is 0.316. The number of carbonyl (C=O) groups is 1. The third-order valence-corrected chi connectivity index (χ3v) is 2.32. The monoisotopic (exact) mass is 208 g/mol. The van der Waals surface area contributed by atoms with Crippen molar-refractivity contribution in [3.8, 4) is 0 Å². The van der Waals surface area contributed by atoms with Crippen LogP contribution < -0.4 is 0 Å². The van der Waals surface area contributed by atoms with Gasteiger partial charge < -0.3 is 30.3 Å². The van der Waals surface area contributed by atoms with Gasteiger partial charge in [-0.05, 0) is 6.92 Å². The van der Waals surface area contributed by atoms with Crippen molar-refractivity contribution in [3.63, 3.8) is 0 Å². The van der Waals surface area contributed by atoms with E-state index < -0.39 is 36.2 Å². The van der Waals surface area contributed by atoms with Crippen LogP contribution in [-0.2, 0) is 9.53 Å². The predicted octanol–water partition coefficient (Wildman–Crippen LogP) is -2.74. The number of aliphatic carboxylic acids is 1. The van der Waals surface area contributed by atoms with E-state index in [-0.39, 0.29) is 0 Å². The van der Waals surface area contributed by atoms with Crippen molar-refractivity contribution in [2.45, 2.75) is 37.1 Å². The molecular formula is C7H12O7. The third kappa shape index (κ3) is 1.49. The molecule has 7 nitrogen and oxygen atoms in total. The van der Waals surface area contributed by atoms with Crippen LogP contribution in [0.4, 0.5) is 0 Å². The Morgan fingerprint density at radius 2 is 1.71 bits per heavy atom. The number of rotatable bonds is 1. The fourth-order valence-electron chi connectivity index (χ4n) is 1.25. The molecule has 5 N–H and O–H groups in total. The largest absolute Gasteiger partial charge is 0.479 e. The minimum Gasteiger partial charge on any atom is -0.479 e. The fraction of sp³-hybridized carbons (Fsp3) is 0.857. The molecular weight excluding hydrogens is 196 g/mol. The number of carboxylic acids is 1. The maximum atomic E-state index is 10.7. The van der Waals surface area contributed by atoms with Crippen molar-refractivity contribution in [2.75, 3.05) is 0 Å². The van der Waals surface area contributed by atoms with Crippen LogP contribution in [0.3, 0.4) is 0 Å². The van der Waals surface area contributed by atoms with Crippen molar-refractivity contribution in [3.05, 3.63) is 0 Å². The lowest BCUT2D eigenvalue weighted by atomic mass is 9.88. The highest BCUT2D eigenvalue weighted by Gasteiger charge is 2.55. The molecule has 1 aliphatic rings. The molecule has 1 rings (SSSR count). The molecule has 1 fully saturated rings. The Bertz CT molecular complexity index is 242. The van der Waals surface area contributed by atoms with E-state index in [1.807, 2.05) is 0 Å². The van der Waals surface area contributed by atoms with Crippen molar-refractivity contribution >= 4 is 5.97 Å². The van der Waals surface area contributed by atoms with Crippen molar-refractivity contribution in [1.82, 2.24) is 0 Å². The molecule has 0 spiro atoms. The molecule has 7 heteroatoms. The van der Waals surface area contributed by atoms with Crippen molar-refractivity contribution < 1.29 is 35.1 Å². The van der Waals surface area contributed by atoms with E-state index in [2.05, 4.69) is 4.74 Å². The summed E-state index contributed by atoms with van der Waals surface area (Å²) in [5.74, 6) is -1.53. The molecule has 1 heterocycles. The van der Waals surface area contributed by atoms with E-state index >= 15 is 0 Å². The molecule has 1 saturated heterocycles. The molecule has 0 aromatic heterocycles. The molecule has 0 bridgehead atoms. The van der Waals surface area contributed by atoms with E-state index in [4.69, 9.17) is 15.3 Å². The fourth-order valence-corrected chi connectivity index (χ4v) is 1.25. The summed E-state index contributed by atoms with van der Waals surface area (Å²) in [4.78, 5) is 10.7. The van der Waals surface area contributed by atoms with Gasteiger partial charge in [0.1, 0.15) is 18.3 Å². The zero-order chi connectivity index (χ0) is 11.1. The molecule has 0 aliphatic carbocycles. The minimum atomic E-state index is -2.13. The molecule has 0 radical (unpaired) electrons. The molecule has 5 atom stereocenters. The zero-order valence-corrected chi connectivity index (χ0v) is 7.36. The SMILES string of the molecule is CC1(C(=O)O)O[C@@H](O)C(O)C(O)[C@H]1O. The summed E-state index contributed by atoms with van der Waals surface area (Å²) in [5, 5.41) is 45.3. The van der Waals surface area contributed by atoms with Gasteiger partial charge in [-0.15, -0.1) is 0 Å². The first kappa shape index (κ1) is 11.3. The lowest BCUT2D eigenvalue weighted by Crippen LogP contribution is -2.66. The molecule has 14 heavy (non-hydrogen) atoms. The van der Waals surface area contributed by atoms with Gasteiger partial charge in [0, 0.05) is 0 Å². The Hall–Kier alpha value is -0.730. The standard InChI is InChI=1S/C7H12O7/c1-7(6(12)13)4(10)2(8)3(9)5(11)14-7/h2-5,8-11H,1H3,(H,12,13)/t2?,3?,4-,5-,7?/m1/s1. The summed E-state index contributed by atoms with van der Waals surface area (Å²) in [5.41, 5.74) is -2.13. The zero-order valence-electron chi connectivity index (χ0n) is 7.36. The first-order valence-electron chi connectivity index (χ1n) is 3.94. The second-order valence-corrected chi connectivity index (χ2v) is 3.35. The Morgan fingerprint density at radius 1 is 1.21 bits per heavy atom. The van der Waals surface area contributed by atoms with Crippen LogP contribution in [0, 0.1) is 0 Å². The van der Waals surface area contributed by atoms with Gasteiger partial charge in [0.25, 0.3) is 0 Å². The average molecular weight is 208 g/mol. The smallest absolute Gasteiger partial charge is 0.338 e. The van der Waals surface area contributed by atoms with Gasteiger partial charge in [0.15, 0.2) is 11.9 Å². The Morgan fingerprint density at radius 3 is 2.14 bits per heavy atom. The summed E-state index contributed by atoms with van der Waals surface area (Å²) in [7, 11) is 0. The summed E-state index contributed by atoms with van der Waals surface area (Å²) in [6.45, 7) is 0.998. The number of aliphatic hydroxyl groups is 4. The number of ether oxygens (including phenoxy) is 1. The molecule has 0 saturated carbocycles. The van der Waals surface area contributed by atoms with Crippen LogP contribution in [0.25, 0.3) is 0 Å². The van der Waals surface area contributed by atoms with Crippen molar-refractivity contribution in [2.24, 2.45) is 0 Å². The highest BCUT2D eigenvalue weighted by atomic mass is 16.7. The maximum Gasteiger partial charge on any atom is 0.338 e. The van der Waals surface area contributed by atoms with Gasteiger partial charge in [-0.1, -0.05) is 0 Å². The van der Waals surface area contributed by atoms with Gasteiger partial charge in [-0.3, -0.25) is 0 Å². The van der Waals surface area contributed by atoms with Crippen LogP contribution in [0.2, 0.25) is 0 Å². The van der Waals surface area contributed by atoms with Crippen LogP contribution in [-0.4, -0.2) is 61.7 Å². The highest BCUT2D eigenvalue weighted by Crippen LogP contribution is 2.28. The summed E-state index contributed by atoms with van der Waals surface area (Å²) < 4.78 is 4.53. The number of aliphatic hydroxyl groups excluding tert-OH is 4. The first-order valence-corrected chi connectivity index (χ1v) is 3.94. The lowest BCUT2D eigenvalue weighted by molar-refractivity contribution is -0.310. The maximum absolute atomic E-state index is 10.7. The van der Waals surface area contributed by atoms with Gasteiger partial charge in [0.2, 0.25) is 0 Å². The topological polar surface area (TPSA) is 127 Å². The van der Waals surface area contributed by atoms with Crippen LogP contribution >= 0.6 is 0 Å². The Labute approximate surface area is 79.2 Å². The van der Waals surface area contributed by atoms with Crippen molar-refractivity contribution in [1.29, 1.82) is 0 Å². The van der Waals surface area contributed by atoms with Gasteiger partial charge in [-0.25, -0.2) is 4.79 Å². The predicted molar refractivity (Wildman–Crippen MR) is 41.2 cm³/mol. The molecule has 0 aromatic rings. The molecule has 82 valence electrons. The average Bonchev–Trinajstić information content (AvgIpc) is 2.11. The van der Waals surface area contributed by atoms with Gasteiger partial charge in [0.05, 0.1) is 0 Å². The normalized spacial score (nSPS) is 48.9. The second-order valence-electron chi connectivity index (χ2n) is 3.35. The van der Waals surface area contributed by atoms with Crippen LogP contribution in [0.5, 0.6) is 0 Å². The Balaban J connectivity index is 2.96. The summed E-state index contributed by atoms with van der Waals surface area (Å²) >= 11 is 0. The van der Waals surface area contributed by atoms with Gasteiger partial charge in [-0.2, -0.15) is 0 Å². The molecule has 0 amide bonds. The van der Waals surface area contributed by atoms with E-state index in [0.717, 1.165) is 6.92 Å². The lowest BCUT2D eigenvalue weighted by Gasteiger charge is -2.42. The summed E-state index contributed by atoms with van der Waals surface area (Å²) in [6, 6.07) is 0. The minimum absolute atomic E-state index is 0.998. The number of hydrogen-bond acceptors (Lipinski definition) is 6. The van der Waals surface area contributed by atoms with E-state index in [1.54, 1.807) is 0 Å². The second kappa shape index (κ2) is 3.44. The van der Waals surface area contributed by atoms with Gasteiger partial charge >= 0.3 is 5.97 Å². The number of carboxylic acid groups (broad SMARTS) is 1. The molecule has 3 unspecified atom stereocenters. The first-order chi connectivity index (χ1) is 6.30. The van der Waals surface area contributed by atoms with E-state index in [9.17, 15) is 15.0 Å². The highest BCUT2D eigenvalue weighted by molar-refractivity contribution is 5.78. The summed E-state index contributed by atoms with van der Waals surface area (Å²) in [6.07, 6.45) is -7.13. The number of hydrogen-bond donors (Lipinski definition) is 5.